The molecule has 0 fully saturated rings. The lowest BCUT2D eigenvalue weighted by Gasteiger charge is -2.03. The summed E-state index contributed by atoms with van der Waals surface area (Å²) in [7, 11) is 0. The van der Waals surface area contributed by atoms with Gasteiger partial charge in [-0.1, -0.05) is 6.07 Å². The molecule has 1 aromatic rings. The van der Waals surface area contributed by atoms with E-state index in [-0.39, 0.29) is 11.1 Å². The molecule has 0 saturated carbocycles. The zero-order valence-electron chi connectivity index (χ0n) is 6.92. The van der Waals surface area contributed by atoms with Gasteiger partial charge in [-0.3, -0.25) is 0 Å². The van der Waals surface area contributed by atoms with E-state index in [1.165, 1.54) is 12.1 Å². The first-order valence-corrected chi connectivity index (χ1v) is 3.63. The van der Waals surface area contributed by atoms with Crippen LogP contribution >= 0.6 is 0 Å². The molecule has 1 rings (SSSR count). The zero-order valence-corrected chi connectivity index (χ0v) is 6.92. The van der Waals surface area contributed by atoms with E-state index in [9.17, 15) is 13.6 Å². The number of hydrogen-bond acceptors (Lipinski definition) is 1. The summed E-state index contributed by atoms with van der Waals surface area (Å²) in [5.41, 5.74) is 0.169. The van der Waals surface area contributed by atoms with Crippen molar-refractivity contribution in [1.82, 2.24) is 0 Å². The van der Waals surface area contributed by atoms with Crippen molar-refractivity contribution in [3.8, 4) is 0 Å². The summed E-state index contributed by atoms with van der Waals surface area (Å²) in [6.45, 7) is 1.58. The van der Waals surface area contributed by atoms with Crippen LogP contribution < -0.4 is 0 Å². The van der Waals surface area contributed by atoms with Crippen molar-refractivity contribution in [1.29, 1.82) is 0 Å². The maximum Gasteiger partial charge on any atom is 0.335 e. The lowest BCUT2D eigenvalue weighted by molar-refractivity contribution is 0.0696. The van der Waals surface area contributed by atoms with Gasteiger partial charge < -0.3 is 5.11 Å². The predicted octanol–water partition coefficient (Wildman–Crippen LogP) is 2.63. The molecule has 0 aliphatic rings. The Bertz CT molecular complexity index is 334. The molecule has 0 saturated heterocycles. The van der Waals surface area contributed by atoms with Gasteiger partial charge in [-0.05, 0) is 24.6 Å². The van der Waals surface area contributed by atoms with Crippen molar-refractivity contribution in [3.05, 3.63) is 34.9 Å². The first-order chi connectivity index (χ1) is 6.00. The third-order valence-electron chi connectivity index (χ3n) is 1.60. The zero-order chi connectivity index (χ0) is 10.0. The number of carboxylic acids is 1. The summed E-state index contributed by atoms with van der Waals surface area (Å²) in [6, 6.07) is 3.62. The summed E-state index contributed by atoms with van der Waals surface area (Å²) in [6.07, 6.45) is -2.63. The highest BCUT2D eigenvalue weighted by Gasteiger charge is 2.11. The molecule has 0 unspecified atom stereocenters. The second-order valence-electron chi connectivity index (χ2n) is 2.74. The Kier molecular flexibility index (Phi) is 2.60. The molecule has 13 heavy (non-hydrogen) atoms. The van der Waals surface area contributed by atoms with Crippen LogP contribution in [0.2, 0.25) is 0 Å². The SMILES string of the molecule is Cc1cc(C(=O)O)cc(C(F)F)c1. The summed E-state index contributed by atoms with van der Waals surface area (Å²) in [4.78, 5) is 10.5. The molecule has 0 heterocycles. The van der Waals surface area contributed by atoms with E-state index in [2.05, 4.69) is 0 Å². The normalized spacial score (nSPS) is 10.5. The molecule has 0 aliphatic heterocycles. The third-order valence-corrected chi connectivity index (χ3v) is 1.60. The largest absolute Gasteiger partial charge is 0.478 e. The highest BCUT2D eigenvalue weighted by molar-refractivity contribution is 5.88. The smallest absolute Gasteiger partial charge is 0.335 e. The van der Waals surface area contributed by atoms with Crippen molar-refractivity contribution >= 4 is 5.97 Å². The highest BCUT2D eigenvalue weighted by atomic mass is 19.3. The van der Waals surface area contributed by atoms with Crippen LogP contribution in [0.25, 0.3) is 0 Å². The van der Waals surface area contributed by atoms with E-state index in [0.717, 1.165) is 6.07 Å². The summed E-state index contributed by atoms with van der Waals surface area (Å²) >= 11 is 0. The first kappa shape index (κ1) is 9.64. The van der Waals surface area contributed by atoms with Crippen LogP contribution in [0.5, 0.6) is 0 Å². The first-order valence-electron chi connectivity index (χ1n) is 3.63. The van der Waals surface area contributed by atoms with Crippen LogP contribution in [0.1, 0.15) is 27.9 Å². The Morgan fingerprint density at radius 1 is 1.38 bits per heavy atom. The van der Waals surface area contributed by atoms with Gasteiger partial charge in [-0.15, -0.1) is 0 Å². The minimum Gasteiger partial charge on any atom is -0.478 e. The van der Waals surface area contributed by atoms with E-state index < -0.39 is 12.4 Å². The Morgan fingerprint density at radius 3 is 2.46 bits per heavy atom. The van der Waals surface area contributed by atoms with Gasteiger partial charge in [-0.25, -0.2) is 13.6 Å². The number of carboxylic acid groups (broad SMARTS) is 1. The highest BCUT2D eigenvalue weighted by Crippen LogP contribution is 2.21. The fourth-order valence-electron chi connectivity index (χ4n) is 1.06. The van der Waals surface area contributed by atoms with Gasteiger partial charge in [0.1, 0.15) is 0 Å². The van der Waals surface area contributed by atoms with Gasteiger partial charge in [0, 0.05) is 5.56 Å². The molecular formula is C9H8F2O2. The van der Waals surface area contributed by atoms with Crippen molar-refractivity contribution in [2.24, 2.45) is 0 Å². The van der Waals surface area contributed by atoms with E-state index in [1.54, 1.807) is 6.92 Å². The van der Waals surface area contributed by atoms with Crippen molar-refractivity contribution in [2.45, 2.75) is 13.3 Å². The van der Waals surface area contributed by atoms with Crippen LogP contribution in [0.3, 0.4) is 0 Å². The fourth-order valence-corrected chi connectivity index (χ4v) is 1.06. The lowest BCUT2D eigenvalue weighted by atomic mass is 10.1. The molecule has 70 valence electrons. The number of aryl methyl sites for hydroxylation is 1. The molecule has 1 aromatic carbocycles. The molecule has 1 N–H and O–H groups in total. The number of alkyl halides is 2. The van der Waals surface area contributed by atoms with E-state index in [1.807, 2.05) is 0 Å². The Hall–Kier alpha value is -1.45. The Balaban J connectivity index is 3.19. The van der Waals surface area contributed by atoms with Crippen molar-refractivity contribution in [3.63, 3.8) is 0 Å². The average molecular weight is 186 g/mol. The van der Waals surface area contributed by atoms with E-state index >= 15 is 0 Å². The quantitative estimate of drug-likeness (QED) is 0.770. The van der Waals surface area contributed by atoms with Gasteiger partial charge in [0.2, 0.25) is 0 Å². The van der Waals surface area contributed by atoms with Crippen LogP contribution in [-0.4, -0.2) is 11.1 Å². The number of carbonyl (C=O) groups is 1. The molecule has 0 aromatic heterocycles. The maximum atomic E-state index is 12.2. The lowest BCUT2D eigenvalue weighted by Crippen LogP contribution is -1.98. The molecule has 0 bridgehead atoms. The molecule has 2 nitrogen and oxygen atoms in total. The Labute approximate surface area is 73.8 Å². The maximum absolute atomic E-state index is 12.2. The van der Waals surface area contributed by atoms with Crippen molar-refractivity contribution < 1.29 is 18.7 Å². The molecule has 0 radical (unpaired) electrons. The summed E-state index contributed by atoms with van der Waals surface area (Å²) < 4.78 is 24.4. The Morgan fingerprint density at radius 2 is 2.00 bits per heavy atom. The van der Waals surface area contributed by atoms with Gasteiger partial charge in [0.05, 0.1) is 5.56 Å². The molecular weight excluding hydrogens is 178 g/mol. The number of rotatable bonds is 2. The van der Waals surface area contributed by atoms with Gasteiger partial charge in [0.15, 0.2) is 0 Å². The topological polar surface area (TPSA) is 37.3 Å². The molecule has 4 heteroatoms. The molecule has 0 aliphatic carbocycles. The minimum atomic E-state index is -2.63. The number of halogens is 2. The van der Waals surface area contributed by atoms with Crippen LogP contribution in [0.4, 0.5) is 8.78 Å². The summed E-state index contributed by atoms with van der Waals surface area (Å²) in [5.74, 6) is -1.19. The number of hydrogen-bond donors (Lipinski definition) is 1. The predicted molar refractivity (Wildman–Crippen MR) is 43.1 cm³/mol. The van der Waals surface area contributed by atoms with E-state index in [0.29, 0.717) is 5.56 Å². The minimum absolute atomic E-state index is 0.102. The second kappa shape index (κ2) is 3.51. The molecule has 0 atom stereocenters. The fraction of sp³-hybridized carbons (Fsp3) is 0.222. The van der Waals surface area contributed by atoms with E-state index in [4.69, 9.17) is 5.11 Å². The molecule has 0 amide bonds. The third kappa shape index (κ3) is 2.24. The molecule has 0 spiro atoms. The van der Waals surface area contributed by atoms with Gasteiger partial charge in [0.25, 0.3) is 6.43 Å². The average Bonchev–Trinajstić information content (AvgIpc) is 2.03. The van der Waals surface area contributed by atoms with Gasteiger partial charge in [-0.2, -0.15) is 0 Å². The number of aromatic carboxylic acids is 1. The van der Waals surface area contributed by atoms with Crippen LogP contribution in [0.15, 0.2) is 18.2 Å². The summed E-state index contributed by atoms with van der Waals surface area (Å²) in [5, 5.41) is 8.57. The number of benzene rings is 1. The van der Waals surface area contributed by atoms with Crippen LogP contribution in [-0.2, 0) is 0 Å². The van der Waals surface area contributed by atoms with Crippen LogP contribution in [0, 0.1) is 6.92 Å². The second-order valence-corrected chi connectivity index (χ2v) is 2.74. The van der Waals surface area contributed by atoms with Gasteiger partial charge >= 0.3 is 5.97 Å². The monoisotopic (exact) mass is 186 g/mol. The van der Waals surface area contributed by atoms with Crippen molar-refractivity contribution in [2.75, 3.05) is 0 Å². The standard InChI is InChI=1S/C9H8F2O2/c1-5-2-6(8(10)11)4-7(3-5)9(12)13/h2-4,8H,1H3,(H,12,13).